The molecule has 0 bridgehead atoms. The van der Waals surface area contributed by atoms with Crippen LogP contribution in [0.3, 0.4) is 0 Å². The maximum Gasteiger partial charge on any atom is 0.148 e. The van der Waals surface area contributed by atoms with E-state index in [-0.39, 0.29) is 0 Å². The molecule has 0 spiro atoms. The van der Waals surface area contributed by atoms with Crippen molar-refractivity contribution in [2.24, 2.45) is 5.84 Å². The predicted octanol–water partition coefficient (Wildman–Crippen LogP) is 2.36. The SMILES string of the molecule is Cc1c(NN)ncnc1Nc1ccc2ncccc2c1. The lowest BCUT2D eigenvalue weighted by Crippen LogP contribution is -2.11. The van der Waals surface area contributed by atoms with Crippen molar-refractivity contribution in [2.75, 3.05) is 10.7 Å². The number of nitrogens with zero attached hydrogens (tertiary/aromatic N) is 3. The Bertz CT molecular complexity index is 755. The molecule has 0 atom stereocenters. The fourth-order valence-corrected chi connectivity index (χ4v) is 2.01. The lowest BCUT2D eigenvalue weighted by Gasteiger charge is -2.11. The molecule has 2 aromatic heterocycles. The van der Waals surface area contributed by atoms with Gasteiger partial charge in [-0.25, -0.2) is 15.8 Å². The van der Waals surface area contributed by atoms with Crippen molar-refractivity contribution < 1.29 is 0 Å². The van der Waals surface area contributed by atoms with Crippen LogP contribution in [-0.4, -0.2) is 15.0 Å². The monoisotopic (exact) mass is 266 g/mol. The molecule has 3 aromatic rings. The molecule has 0 saturated carbocycles. The van der Waals surface area contributed by atoms with Gasteiger partial charge in [0.2, 0.25) is 0 Å². The number of anilines is 3. The number of nitrogen functional groups attached to an aromatic ring is 1. The van der Waals surface area contributed by atoms with Crippen LogP contribution < -0.4 is 16.6 Å². The van der Waals surface area contributed by atoms with Crippen LogP contribution in [0.2, 0.25) is 0 Å². The summed E-state index contributed by atoms with van der Waals surface area (Å²) in [6, 6.07) is 9.90. The summed E-state index contributed by atoms with van der Waals surface area (Å²) in [5.74, 6) is 6.73. The van der Waals surface area contributed by atoms with E-state index in [1.165, 1.54) is 6.33 Å². The highest BCUT2D eigenvalue weighted by molar-refractivity contribution is 5.83. The van der Waals surface area contributed by atoms with E-state index < -0.39 is 0 Å². The van der Waals surface area contributed by atoms with Crippen molar-refractivity contribution in [3.8, 4) is 0 Å². The highest BCUT2D eigenvalue weighted by atomic mass is 15.3. The number of pyridine rings is 1. The van der Waals surface area contributed by atoms with E-state index in [2.05, 4.69) is 25.7 Å². The minimum atomic E-state index is 0.602. The van der Waals surface area contributed by atoms with Gasteiger partial charge < -0.3 is 10.7 Å². The summed E-state index contributed by atoms with van der Waals surface area (Å²) in [7, 11) is 0. The average Bonchev–Trinajstić information content (AvgIpc) is 2.49. The van der Waals surface area contributed by atoms with Crippen LogP contribution in [0.4, 0.5) is 17.3 Å². The standard InChI is InChI=1S/C14H14N6/c1-9-13(17-8-18-14(9)20-15)19-11-4-5-12-10(7-11)3-2-6-16-12/h2-8H,15H2,1H3,(H2,17,18,19,20). The third-order valence-electron chi connectivity index (χ3n) is 3.09. The number of hydrogen-bond donors (Lipinski definition) is 3. The van der Waals surface area contributed by atoms with Crippen molar-refractivity contribution in [3.63, 3.8) is 0 Å². The third kappa shape index (κ3) is 2.24. The molecule has 0 aliphatic carbocycles. The number of nitrogens with two attached hydrogens (primary N) is 1. The molecular weight excluding hydrogens is 252 g/mol. The summed E-state index contributed by atoms with van der Waals surface area (Å²) in [5.41, 5.74) is 5.31. The Morgan fingerprint density at radius 3 is 2.75 bits per heavy atom. The number of benzene rings is 1. The first-order chi connectivity index (χ1) is 9.78. The Balaban J connectivity index is 1.97. The molecule has 1 aromatic carbocycles. The zero-order valence-corrected chi connectivity index (χ0v) is 11.0. The molecule has 6 nitrogen and oxygen atoms in total. The summed E-state index contributed by atoms with van der Waals surface area (Å²) in [4.78, 5) is 12.6. The first-order valence-corrected chi connectivity index (χ1v) is 6.18. The van der Waals surface area contributed by atoms with Crippen LogP contribution in [0.15, 0.2) is 42.9 Å². The van der Waals surface area contributed by atoms with Gasteiger partial charge in [-0.3, -0.25) is 4.98 Å². The predicted molar refractivity (Wildman–Crippen MR) is 79.6 cm³/mol. The van der Waals surface area contributed by atoms with Gasteiger partial charge in [0.05, 0.1) is 5.52 Å². The fraction of sp³-hybridized carbons (Fsp3) is 0.0714. The van der Waals surface area contributed by atoms with E-state index in [0.717, 1.165) is 28.0 Å². The lowest BCUT2D eigenvalue weighted by atomic mass is 10.2. The van der Waals surface area contributed by atoms with Crippen molar-refractivity contribution in [1.29, 1.82) is 0 Å². The molecule has 6 heteroatoms. The van der Waals surface area contributed by atoms with Gasteiger partial charge in [-0.15, -0.1) is 0 Å². The van der Waals surface area contributed by atoms with E-state index in [1.807, 2.05) is 37.3 Å². The number of fused-ring (bicyclic) bond motifs is 1. The normalized spacial score (nSPS) is 10.5. The van der Waals surface area contributed by atoms with E-state index in [4.69, 9.17) is 5.84 Å². The molecule has 100 valence electrons. The van der Waals surface area contributed by atoms with Crippen LogP contribution in [-0.2, 0) is 0 Å². The van der Waals surface area contributed by atoms with Gasteiger partial charge in [0.1, 0.15) is 18.0 Å². The number of nitrogens with one attached hydrogen (secondary N) is 2. The largest absolute Gasteiger partial charge is 0.340 e. The lowest BCUT2D eigenvalue weighted by molar-refractivity contribution is 1.11. The van der Waals surface area contributed by atoms with Crippen LogP contribution in [0.25, 0.3) is 10.9 Å². The molecule has 0 unspecified atom stereocenters. The van der Waals surface area contributed by atoms with Crippen molar-refractivity contribution in [3.05, 3.63) is 48.4 Å². The quantitative estimate of drug-likeness (QED) is 0.498. The average molecular weight is 266 g/mol. The zero-order chi connectivity index (χ0) is 13.9. The van der Waals surface area contributed by atoms with E-state index in [9.17, 15) is 0 Å². The molecular formula is C14H14N6. The van der Waals surface area contributed by atoms with Gasteiger partial charge in [-0.05, 0) is 31.2 Å². The minimum Gasteiger partial charge on any atom is -0.340 e. The highest BCUT2D eigenvalue weighted by Gasteiger charge is 2.06. The Hall–Kier alpha value is -2.73. The Labute approximate surface area is 116 Å². The molecule has 3 rings (SSSR count). The zero-order valence-electron chi connectivity index (χ0n) is 11.0. The third-order valence-corrected chi connectivity index (χ3v) is 3.09. The smallest absolute Gasteiger partial charge is 0.148 e. The summed E-state index contributed by atoms with van der Waals surface area (Å²) in [6.07, 6.45) is 3.25. The van der Waals surface area contributed by atoms with E-state index in [1.54, 1.807) is 6.20 Å². The summed E-state index contributed by atoms with van der Waals surface area (Å²) >= 11 is 0. The van der Waals surface area contributed by atoms with E-state index in [0.29, 0.717) is 5.82 Å². The Kier molecular flexibility index (Phi) is 3.14. The first-order valence-electron chi connectivity index (χ1n) is 6.18. The minimum absolute atomic E-state index is 0.602. The van der Waals surface area contributed by atoms with Gasteiger partial charge in [-0.1, -0.05) is 6.07 Å². The highest BCUT2D eigenvalue weighted by Crippen LogP contribution is 2.24. The second-order valence-electron chi connectivity index (χ2n) is 4.38. The van der Waals surface area contributed by atoms with Gasteiger partial charge >= 0.3 is 0 Å². The van der Waals surface area contributed by atoms with Crippen molar-refractivity contribution >= 4 is 28.2 Å². The number of rotatable bonds is 3. The summed E-state index contributed by atoms with van der Waals surface area (Å²) in [6.45, 7) is 1.90. The molecule has 20 heavy (non-hydrogen) atoms. The molecule has 2 heterocycles. The first kappa shape index (κ1) is 12.3. The topological polar surface area (TPSA) is 88.8 Å². The van der Waals surface area contributed by atoms with Gasteiger partial charge in [-0.2, -0.15) is 0 Å². The van der Waals surface area contributed by atoms with Crippen molar-refractivity contribution in [1.82, 2.24) is 15.0 Å². The molecule has 0 aliphatic heterocycles. The van der Waals surface area contributed by atoms with Crippen LogP contribution >= 0.6 is 0 Å². The molecule has 0 amide bonds. The second kappa shape index (κ2) is 5.10. The molecule has 0 saturated heterocycles. The fourth-order valence-electron chi connectivity index (χ4n) is 2.01. The number of aromatic nitrogens is 3. The summed E-state index contributed by atoms with van der Waals surface area (Å²) < 4.78 is 0. The van der Waals surface area contributed by atoms with E-state index >= 15 is 0 Å². The van der Waals surface area contributed by atoms with Crippen LogP contribution in [0.5, 0.6) is 0 Å². The molecule has 0 radical (unpaired) electrons. The van der Waals surface area contributed by atoms with Gasteiger partial charge in [0.25, 0.3) is 0 Å². The maximum absolute atomic E-state index is 5.41. The van der Waals surface area contributed by atoms with Crippen molar-refractivity contribution in [2.45, 2.75) is 6.92 Å². The molecule has 4 N–H and O–H groups in total. The summed E-state index contributed by atoms with van der Waals surface area (Å²) in [5, 5.41) is 4.34. The van der Waals surface area contributed by atoms with Gasteiger partial charge in [0.15, 0.2) is 0 Å². The molecule has 0 aliphatic rings. The van der Waals surface area contributed by atoms with Crippen LogP contribution in [0, 0.1) is 6.92 Å². The molecule has 0 fully saturated rings. The second-order valence-corrected chi connectivity index (χ2v) is 4.38. The van der Waals surface area contributed by atoms with Gasteiger partial charge in [0, 0.05) is 22.8 Å². The maximum atomic E-state index is 5.41. The van der Waals surface area contributed by atoms with Crippen LogP contribution in [0.1, 0.15) is 5.56 Å². The number of hydrazine groups is 1. The number of hydrogen-bond acceptors (Lipinski definition) is 6. The Morgan fingerprint density at radius 1 is 1.05 bits per heavy atom. The Morgan fingerprint density at radius 2 is 1.90 bits per heavy atom.